The van der Waals surface area contributed by atoms with Crippen LogP contribution in [0.2, 0.25) is 0 Å². The molecule has 0 saturated carbocycles. The van der Waals surface area contributed by atoms with Gasteiger partial charge in [-0.15, -0.1) is 0 Å². The van der Waals surface area contributed by atoms with Crippen molar-refractivity contribution in [2.45, 2.75) is 38.6 Å². The molecular weight excluding hydrogens is 309 g/mol. The summed E-state index contributed by atoms with van der Waals surface area (Å²) in [7, 11) is 0. The number of nitrogens with zero attached hydrogens (tertiary/aromatic N) is 1. The number of hydrogen-bond donors (Lipinski definition) is 2. The number of carbonyl (C=O) groups excluding carboxylic acids is 1. The Morgan fingerprint density at radius 2 is 1.87 bits per heavy atom. The van der Waals surface area contributed by atoms with Crippen LogP contribution in [0.15, 0.2) is 24.3 Å². The number of benzene rings is 1. The molecule has 2 N–H and O–H groups in total. The lowest BCUT2D eigenvalue weighted by molar-refractivity contribution is -0.137. The van der Waals surface area contributed by atoms with Crippen LogP contribution < -0.4 is 5.32 Å². The molecule has 4 nitrogen and oxygen atoms in total. The van der Waals surface area contributed by atoms with E-state index in [-0.39, 0.29) is 24.6 Å². The lowest BCUT2D eigenvalue weighted by Gasteiger charge is -2.33. The number of carbonyl (C=O) groups is 1. The Morgan fingerprint density at radius 1 is 1.30 bits per heavy atom. The lowest BCUT2D eigenvalue weighted by Crippen LogP contribution is -2.45. The normalized spacial score (nSPS) is 17.9. The van der Waals surface area contributed by atoms with E-state index in [0.717, 1.165) is 25.0 Å². The van der Waals surface area contributed by atoms with Gasteiger partial charge in [-0.05, 0) is 43.4 Å². The van der Waals surface area contributed by atoms with Crippen molar-refractivity contribution >= 4 is 6.03 Å². The quantitative estimate of drug-likeness (QED) is 0.895. The molecule has 1 saturated heterocycles. The minimum Gasteiger partial charge on any atom is -0.393 e. The largest absolute Gasteiger partial charge is 0.416 e. The molecule has 2 amide bonds. The van der Waals surface area contributed by atoms with Crippen LogP contribution in [-0.2, 0) is 12.7 Å². The van der Waals surface area contributed by atoms with Gasteiger partial charge in [-0.1, -0.05) is 12.1 Å². The fourth-order valence-electron chi connectivity index (χ4n) is 2.69. The fourth-order valence-corrected chi connectivity index (χ4v) is 2.69. The van der Waals surface area contributed by atoms with E-state index < -0.39 is 11.7 Å². The average molecular weight is 330 g/mol. The fraction of sp³-hybridized carbons (Fsp3) is 0.562. The summed E-state index contributed by atoms with van der Waals surface area (Å²) in [4.78, 5) is 13.7. The number of nitrogens with one attached hydrogen (secondary N) is 1. The number of amides is 2. The summed E-state index contributed by atoms with van der Waals surface area (Å²) in [6.07, 6.45) is -3.21. The van der Waals surface area contributed by atoms with Crippen molar-refractivity contribution in [1.29, 1.82) is 0 Å². The third-order valence-electron chi connectivity index (χ3n) is 4.23. The predicted octanol–water partition coefficient (Wildman–Crippen LogP) is 3.01. The van der Waals surface area contributed by atoms with Gasteiger partial charge in [0.25, 0.3) is 0 Å². The molecule has 1 aromatic rings. The Balaban J connectivity index is 1.81. The molecule has 1 aliphatic rings. The van der Waals surface area contributed by atoms with Gasteiger partial charge in [-0.2, -0.15) is 13.2 Å². The highest BCUT2D eigenvalue weighted by Gasteiger charge is 2.30. The second-order valence-electron chi connectivity index (χ2n) is 5.92. The molecule has 1 fully saturated rings. The predicted molar refractivity (Wildman–Crippen MR) is 79.7 cm³/mol. The molecule has 7 heteroatoms. The number of rotatable bonds is 3. The number of aliphatic hydroxyl groups excluding tert-OH is 1. The highest BCUT2D eigenvalue weighted by molar-refractivity contribution is 5.74. The van der Waals surface area contributed by atoms with Gasteiger partial charge in [0, 0.05) is 19.6 Å². The first kappa shape index (κ1) is 17.6. The Labute approximate surface area is 133 Å². The van der Waals surface area contributed by atoms with Crippen LogP contribution in [-0.4, -0.2) is 35.2 Å². The maximum absolute atomic E-state index is 12.5. The number of alkyl halides is 3. The monoisotopic (exact) mass is 330 g/mol. The van der Waals surface area contributed by atoms with Crippen LogP contribution in [0.1, 0.15) is 30.9 Å². The maximum atomic E-state index is 12.5. The van der Waals surface area contributed by atoms with E-state index in [2.05, 4.69) is 5.32 Å². The maximum Gasteiger partial charge on any atom is 0.416 e. The van der Waals surface area contributed by atoms with Gasteiger partial charge < -0.3 is 15.3 Å². The molecule has 1 unspecified atom stereocenters. The summed E-state index contributed by atoms with van der Waals surface area (Å²) in [5.41, 5.74) is -0.0852. The molecule has 23 heavy (non-hydrogen) atoms. The van der Waals surface area contributed by atoms with Crippen LogP contribution in [0.5, 0.6) is 0 Å². The van der Waals surface area contributed by atoms with E-state index in [0.29, 0.717) is 18.7 Å². The first-order valence-corrected chi connectivity index (χ1v) is 7.64. The molecular formula is C16H21F3N2O2. The van der Waals surface area contributed by atoms with Gasteiger partial charge >= 0.3 is 12.2 Å². The van der Waals surface area contributed by atoms with E-state index >= 15 is 0 Å². The Morgan fingerprint density at radius 3 is 2.35 bits per heavy atom. The first-order chi connectivity index (χ1) is 10.8. The van der Waals surface area contributed by atoms with Gasteiger partial charge in [0.05, 0.1) is 11.7 Å². The van der Waals surface area contributed by atoms with E-state index in [9.17, 15) is 23.1 Å². The number of aliphatic hydroxyl groups is 1. The molecule has 0 bridgehead atoms. The van der Waals surface area contributed by atoms with Crippen molar-refractivity contribution in [2.75, 3.05) is 13.1 Å². The third kappa shape index (κ3) is 4.86. The summed E-state index contributed by atoms with van der Waals surface area (Å²) in [5.74, 6) is 0.217. The smallest absolute Gasteiger partial charge is 0.393 e. The van der Waals surface area contributed by atoms with E-state index in [1.165, 1.54) is 12.1 Å². The summed E-state index contributed by atoms with van der Waals surface area (Å²) in [5, 5.41) is 12.2. The van der Waals surface area contributed by atoms with Gasteiger partial charge in [-0.3, -0.25) is 0 Å². The molecule has 0 spiro atoms. The zero-order chi connectivity index (χ0) is 17.0. The lowest BCUT2D eigenvalue weighted by atomic mass is 9.92. The van der Waals surface area contributed by atoms with Crippen LogP contribution in [0.3, 0.4) is 0 Å². The molecule has 1 aromatic carbocycles. The van der Waals surface area contributed by atoms with E-state index in [4.69, 9.17) is 0 Å². The molecule has 128 valence electrons. The molecule has 0 aromatic heterocycles. The van der Waals surface area contributed by atoms with Crippen LogP contribution in [0, 0.1) is 5.92 Å². The van der Waals surface area contributed by atoms with Gasteiger partial charge in [0.1, 0.15) is 0 Å². The van der Waals surface area contributed by atoms with Gasteiger partial charge in [-0.25, -0.2) is 4.79 Å². The molecule has 1 atom stereocenters. The van der Waals surface area contributed by atoms with Crippen molar-refractivity contribution in [3.8, 4) is 0 Å². The minimum atomic E-state index is -4.35. The molecule has 2 rings (SSSR count). The SMILES string of the molecule is CC(O)C1CCN(C(=O)NCc2ccc(C(F)(F)F)cc2)CC1. The van der Waals surface area contributed by atoms with Crippen LogP contribution in [0.25, 0.3) is 0 Å². The number of likely N-dealkylation sites (tertiary alicyclic amines) is 1. The van der Waals surface area contributed by atoms with E-state index in [1.807, 2.05) is 0 Å². The number of hydrogen-bond acceptors (Lipinski definition) is 2. The summed E-state index contributed by atoms with van der Waals surface area (Å²) >= 11 is 0. The van der Waals surface area contributed by atoms with Crippen molar-refractivity contribution < 1.29 is 23.1 Å². The second-order valence-corrected chi connectivity index (χ2v) is 5.92. The number of urea groups is 1. The second kappa shape index (κ2) is 7.21. The molecule has 1 aliphatic heterocycles. The number of piperidine rings is 1. The Kier molecular flexibility index (Phi) is 5.51. The van der Waals surface area contributed by atoms with Crippen molar-refractivity contribution in [2.24, 2.45) is 5.92 Å². The zero-order valence-corrected chi connectivity index (χ0v) is 12.9. The molecule has 1 heterocycles. The van der Waals surface area contributed by atoms with E-state index in [1.54, 1.807) is 11.8 Å². The van der Waals surface area contributed by atoms with Crippen LogP contribution >= 0.6 is 0 Å². The standard InChI is InChI=1S/C16H21F3N2O2/c1-11(22)13-6-8-21(9-7-13)15(23)20-10-12-2-4-14(5-3-12)16(17,18)19/h2-5,11,13,22H,6-10H2,1H3,(H,20,23). The Bertz CT molecular complexity index is 521. The van der Waals surface area contributed by atoms with Gasteiger partial charge in [0.2, 0.25) is 0 Å². The van der Waals surface area contributed by atoms with Crippen molar-refractivity contribution in [1.82, 2.24) is 10.2 Å². The highest BCUT2D eigenvalue weighted by atomic mass is 19.4. The summed E-state index contributed by atoms with van der Waals surface area (Å²) in [6, 6.07) is 4.52. The van der Waals surface area contributed by atoms with Gasteiger partial charge in [0.15, 0.2) is 0 Å². The van der Waals surface area contributed by atoms with Crippen molar-refractivity contribution in [3.05, 3.63) is 35.4 Å². The molecule has 0 radical (unpaired) electrons. The highest BCUT2D eigenvalue weighted by Crippen LogP contribution is 2.29. The van der Waals surface area contributed by atoms with Crippen LogP contribution in [0.4, 0.5) is 18.0 Å². The summed E-state index contributed by atoms with van der Waals surface area (Å²) < 4.78 is 37.4. The Hall–Kier alpha value is -1.76. The average Bonchev–Trinajstić information content (AvgIpc) is 2.52. The first-order valence-electron chi connectivity index (χ1n) is 7.64. The zero-order valence-electron chi connectivity index (χ0n) is 12.9. The number of halogens is 3. The third-order valence-corrected chi connectivity index (χ3v) is 4.23. The minimum absolute atomic E-state index is 0.188. The topological polar surface area (TPSA) is 52.6 Å². The molecule has 0 aliphatic carbocycles. The van der Waals surface area contributed by atoms with Crippen molar-refractivity contribution in [3.63, 3.8) is 0 Å². The summed E-state index contributed by atoms with van der Waals surface area (Å²) in [6.45, 7) is 3.10.